The summed E-state index contributed by atoms with van der Waals surface area (Å²) in [4.78, 5) is 5.51. The fourth-order valence-electron chi connectivity index (χ4n) is 4.00. The first-order valence-corrected chi connectivity index (χ1v) is 7.04. The zero-order valence-corrected chi connectivity index (χ0v) is 10.5. The normalized spacial score (nSPS) is 38.1. The molecule has 16 heavy (non-hydrogen) atoms. The van der Waals surface area contributed by atoms with Crippen LogP contribution in [0.3, 0.4) is 0 Å². The Morgan fingerprint density at radius 3 is 2.19 bits per heavy atom. The molecule has 3 nitrogen and oxygen atoms in total. The van der Waals surface area contributed by atoms with Crippen molar-refractivity contribution in [1.29, 1.82) is 0 Å². The topological polar surface area (TPSA) is 18.5 Å². The van der Waals surface area contributed by atoms with Gasteiger partial charge in [0.25, 0.3) is 0 Å². The zero-order chi connectivity index (χ0) is 11.0. The molecule has 3 heterocycles. The van der Waals surface area contributed by atoms with Crippen molar-refractivity contribution in [3.05, 3.63) is 0 Å². The highest BCUT2D eigenvalue weighted by Crippen LogP contribution is 2.32. The Labute approximate surface area is 99.2 Å². The van der Waals surface area contributed by atoms with Crippen LogP contribution in [0.4, 0.5) is 0 Å². The predicted octanol–water partition coefficient (Wildman–Crippen LogP) is 0.907. The molecule has 0 aromatic rings. The smallest absolute Gasteiger partial charge is 0.0263 e. The summed E-state index contributed by atoms with van der Waals surface area (Å²) >= 11 is 0. The van der Waals surface area contributed by atoms with Crippen molar-refractivity contribution >= 4 is 0 Å². The minimum Gasteiger partial charge on any atom is -0.317 e. The molecule has 1 N–H and O–H groups in total. The molecule has 3 rings (SSSR count). The van der Waals surface area contributed by atoms with Crippen LogP contribution in [-0.4, -0.2) is 61.2 Å². The first kappa shape index (κ1) is 11.0. The third-order valence-electron chi connectivity index (χ3n) is 4.98. The summed E-state index contributed by atoms with van der Waals surface area (Å²) < 4.78 is 0. The molecule has 3 heteroatoms. The summed E-state index contributed by atoms with van der Waals surface area (Å²) in [6, 6.07) is 2.57. The third kappa shape index (κ3) is 1.89. The average Bonchev–Trinajstić information content (AvgIpc) is 2.91. The molecule has 2 atom stereocenters. The van der Waals surface area contributed by atoms with Gasteiger partial charge in [0.2, 0.25) is 0 Å². The van der Waals surface area contributed by atoms with Crippen LogP contribution in [0.2, 0.25) is 0 Å². The molecule has 0 saturated carbocycles. The van der Waals surface area contributed by atoms with Gasteiger partial charge < -0.3 is 5.32 Å². The van der Waals surface area contributed by atoms with Crippen LogP contribution in [0.5, 0.6) is 0 Å². The Hall–Kier alpha value is -0.120. The van der Waals surface area contributed by atoms with Gasteiger partial charge in [0.05, 0.1) is 0 Å². The lowest BCUT2D eigenvalue weighted by molar-refractivity contribution is 0.122. The molecule has 0 aromatic heterocycles. The fraction of sp³-hybridized carbons (Fsp3) is 1.00. The zero-order valence-electron chi connectivity index (χ0n) is 10.5. The summed E-state index contributed by atoms with van der Waals surface area (Å²) in [5.74, 6) is 0. The maximum absolute atomic E-state index is 3.42. The van der Waals surface area contributed by atoms with Crippen LogP contribution in [-0.2, 0) is 0 Å². The number of hydrogen-bond donors (Lipinski definition) is 1. The molecule has 0 spiro atoms. The summed E-state index contributed by atoms with van der Waals surface area (Å²) in [6.45, 7) is 5.37. The molecule has 92 valence electrons. The van der Waals surface area contributed by atoms with E-state index in [2.05, 4.69) is 22.2 Å². The van der Waals surface area contributed by atoms with Crippen molar-refractivity contribution in [3.63, 3.8) is 0 Å². The van der Waals surface area contributed by atoms with Gasteiger partial charge >= 0.3 is 0 Å². The Bertz CT molecular complexity index is 235. The van der Waals surface area contributed by atoms with Crippen molar-refractivity contribution in [2.45, 2.75) is 50.2 Å². The van der Waals surface area contributed by atoms with Crippen molar-refractivity contribution in [2.75, 3.05) is 33.2 Å². The summed E-state index contributed by atoms with van der Waals surface area (Å²) in [5, 5.41) is 3.42. The molecule has 0 radical (unpaired) electrons. The van der Waals surface area contributed by atoms with Crippen molar-refractivity contribution in [1.82, 2.24) is 15.1 Å². The maximum Gasteiger partial charge on any atom is 0.0263 e. The summed E-state index contributed by atoms with van der Waals surface area (Å²) in [5.41, 5.74) is 0. The molecule has 0 amide bonds. The first-order chi connectivity index (χ1) is 7.88. The number of likely N-dealkylation sites (tertiary alicyclic amines) is 1. The molecule has 0 bridgehead atoms. The lowest BCUT2D eigenvalue weighted by atomic mass is 9.99. The Morgan fingerprint density at radius 1 is 0.812 bits per heavy atom. The van der Waals surface area contributed by atoms with Gasteiger partial charge in [-0.25, -0.2) is 0 Å². The second-order valence-corrected chi connectivity index (χ2v) is 5.70. The van der Waals surface area contributed by atoms with E-state index in [-0.39, 0.29) is 0 Å². The van der Waals surface area contributed by atoms with Crippen LogP contribution in [0.25, 0.3) is 0 Å². The second-order valence-electron chi connectivity index (χ2n) is 5.70. The molecule has 0 aromatic carbocycles. The second kappa shape index (κ2) is 4.63. The minimum atomic E-state index is 0.775. The average molecular weight is 223 g/mol. The van der Waals surface area contributed by atoms with Crippen LogP contribution in [0.15, 0.2) is 0 Å². The van der Waals surface area contributed by atoms with Crippen LogP contribution >= 0.6 is 0 Å². The molecule has 3 fully saturated rings. The lowest BCUT2D eigenvalue weighted by Crippen LogP contribution is -2.49. The van der Waals surface area contributed by atoms with Crippen molar-refractivity contribution in [3.8, 4) is 0 Å². The molecule has 2 unspecified atom stereocenters. The van der Waals surface area contributed by atoms with Gasteiger partial charge in [0.15, 0.2) is 0 Å². The lowest BCUT2D eigenvalue weighted by Gasteiger charge is -2.38. The fourth-order valence-corrected chi connectivity index (χ4v) is 4.00. The SMILES string of the molecule is CNC1CCN(C2CCN3CCCC23)CC1. The Morgan fingerprint density at radius 2 is 1.44 bits per heavy atom. The summed E-state index contributed by atoms with van der Waals surface area (Å²) in [6.07, 6.45) is 7.01. The van der Waals surface area contributed by atoms with Gasteiger partial charge in [-0.2, -0.15) is 0 Å². The highest BCUT2D eigenvalue weighted by molar-refractivity contribution is 4.98. The quantitative estimate of drug-likeness (QED) is 0.750. The van der Waals surface area contributed by atoms with E-state index < -0.39 is 0 Å². The van der Waals surface area contributed by atoms with E-state index in [1.54, 1.807) is 0 Å². The standard InChI is InChI=1S/C13H25N3/c1-14-11-4-8-16(9-5-11)13-6-10-15-7-2-3-12(13)15/h11-14H,2-10H2,1H3. The first-order valence-electron chi connectivity index (χ1n) is 7.04. The van der Waals surface area contributed by atoms with E-state index in [1.165, 1.54) is 58.3 Å². The number of nitrogens with zero attached hydrogens (tertiary/aromatic N) is 2. The molecule has 3 aliphatic heterocycles. The molecular weight excluding hydrogens is 198 g/mol. The van der Waals surface area contributed by atoms with E-state index in [0.29, 0.717) is 0 Å². The number of nitrogens with one attached hydrogen (secondary N) is 1. The number of piperidine rings is 1. The van der Waals surface area contributed by atoms with Crippen molar-refractivity contribution < 1.29 is 0 Å². The van der Waals surface area contributed by atoms with Gasteiger partial charge in [-0.05, 0) is 58.8 Å². The largest absolute Gasteiger partial charge is 0.317 e. The molecule has 0 aliphatic carbocycles. The van der Waals surface area contributed by atoms with E-state index in [4.69, 9.17) is 0 Å². The highest BCUT2D eigenvalue weighted by Gasteiger charge is 2.40. The third-order valence-corrected chi connectivity index (χ3v) is 4.98. The van der Waals surface area contributed by atoms with Gasteiger partial charge in [0, 0.05) is 24.7 Å². The Balaban J connectivity index is 1.58. The minimum absolute atomic E-state index is 0.775. The van der Waals surface area contributed by atoms with Crippen LogP contribution in [0, 0.1) is 0 Å². The van der Waals surface area contributed by atoms with E-state index in [0.717, 1.165) is 18.1 Å². The van der Waals surface area contributed by atoms with Gasteiger partial charge in [0.1, 0.15) is 0 Å². The molecule has 3 saturated heterocycles. The number of hydrogen-bond acceptors (Lipinski definition) is 3. The highest BCUT2D eigenvalue weighted by atomic mass is 15.3. The van der Waals surface area contributed by atoms with E-state index >= 15 is 0 Å². The molecule has 3 aliphatic rings. The summed E-state index contributed by atoms with van der Waals surface area (Å²) in [7, 11) is 2.11. The molecular formula is C13H25N3. The van der Waals surface area contributed by atoms with E-state index in [1.807, 2.05) is 0 Å². The Kier molecular flexibility index (Phi) is 3.18. The van der Waals surface area contributed by atoms with E-state index in [9.17, 15) is 0 Å². The number of rotatable bonds is 2. The maximum atomic E-state index is 3.42. The van der Waals surface area contributed by atoms with Crippen LogP contribution < -0.4 is 5.32 Å². The monoisotopic (exact) mass is 223 g/mol. The number of fused-ring (bicyclic) bond motifs is 1. The van der Waals surface area contributed by atoms with Gasteiger partial charge in [-0.15, -0.1) is 0 Å². The van der Waals surface area contributed by atoms with Crippen LogP contribution in [0.1, 0.15) is 32.1 Å². The predicted molar refractivity (Wildman–Crippen MR) is 66.7 cm³/mol. The van der Waals surface area contributed by atoms with Crippen molar-refractivity contribution in [2.24, 2.45) is 0 Å². The van der Waals surface area contributed by atoms with Gasteiger partial charge in [-0.1, -0.05) is 0 Å². The van der Waals surface area contributed by atoms with Gasteiger partial charge in [-0.3, -0.25) is 9.80 Å².